The second-order valence-corrected chi connectivity index (χ2v) is 5.05. The lowest BCUT2D eigenvalue weighted by Crippen LogP contribution is -2.15. The lowest BCUT2D eigenvalue weighted by Gasteiger charge is -2.15. The first-order chi connectivity index (χ1) is 9.08. The second kappa shape index (κ2) is 8.25. The van der Waals surface area contributed by atoms with Gasteiger partial charge in [-0.3, -0.25) is 0 Å². The van der Waals surface area contributed by atoms with Crippen molar-refractivity contribution < 1.29 is 9.47 Å². The fraction of sp³-hybridized carbons (Fsp3) is 0.571. The molecule has 0 saturated carbocycles. The van der Waals surface area contributed by atoms with Crippen molar-refractivity contribution in [3.63, 3.8) is 0 Å². The Morgan fingerprint density at radius 1 is 1.32 bits per heavy atom. The summed E-state index contributed by atoms with van der Waals surface area (Å²) in [6, 6.07) is 3.85. The lowest BCUT2D eigenvalue weighted by atomic mass is 10.2. The molecular formula is C14H23ClN2O2. The van der Waals surface area contributed by atoms with E-state index >= 15 is 0 Å². The van der Waals surface area contributed by atoms with Crippen molar-refractivity contribution in [2.75, 3.05) is 41.4 Å². The van der Waals surface area contributed by atoms with E-state index in [1.807, 2.05) is 33.3 Å². The van der Waals surface area contributed by atoms with Gasteiger partial charge in [0.2, 0.25) is 0 Å². The van der Waals surface area contributed by atoms with E-state index < -0.39 is 0 Å². The first kappa shape index (κ1) is 16.1. The predicted molar refractivity (Wildman–Crippen MR) is 79.4 cm³/mol. The third-order valence-corrected chi connectivity index (χ3v) is 2.95. The van der Waals surface area contributed by atoms with Crippen molar-refractivity contribution in [3.8, 4) is 11.5 Å². The Morgan fingerprint density at radius 3 is 2.63 bits per heavy atom. The van der Waals surface area contributed by atoms with Gasteiger partial charge in [-0.1, -0.05) is 11.6 Å². The Morgan fingerprint density at radius 2 is 2.05 bits per heavy atom. The van der Waals surface area contributed by atoms with Crippen molar-refractivity contribution in [1.29, 1.82) is 0 Å². The Kier molecular flexibility index (Phi) is 6.99. The first-order valence-corrected chi connectivity index (χ1v) is 6.74. The molecule has 0 aliphatic carbocycles. The molecule has 0 saturated heterocycles. The second-order valence-electron chi connectivity index (χ2n) is 4.64. The molecule has 0 amide bonds. The molecular weight excluding hydrogens is 264 g/mol. The van der Waals surface area contributed by atoms with Crippen LogP contribution in [0.1, 0.15) is 12.0 Å². The van der Waals surface area contributed by atoms with Crippen LogP contribution < -0.4 is 14.8 Å². The first-order valence-electron chi connectivity index (χ1n) is 6.37. The third kappa shape index (κ3) is 5.27. The van der Waals surface area contributed by atoms with E-state index in [0.717, 1.165) is 25.1 Å². The molecule has 0 unspecified atom stereocenters. The quantitative estimate of drug-likeness (QED) is 0.744. The molecule has 0 heterocycles. The summed E-state index contributed by atoms with van der Waals surface area (Å²) in [6.45, 7) is 2.36. The van der Waals surface area contributed by atoms with Crippen LogP contribution >= 0.6 is 11.6 Å². The summed E-state index contributed by atoms with van der Waals surface area (Å²) in [4.78, 5) is 2.12. The van der Waals surface area contributed by atoms with Crippen LogP contribution in [0.5, 0.6) is 11.5 Å². The van der Waals surface area contributed by atoms with Gasteiger partial charge in [0.25, 0.3) is 0 Å². The van der Waals surface area contributed by atoms with Crippen LogP contribution in [0, 0.1) is 0 Å². The molecule has 4 nitrogen and oxygen atoms in total. The predicted octanol–water partition coefficient (Wildman–Crippen LogP) is 2.40. The topological polar surface area (TPSA) is 33.7 Å². The monoisotopic (exact) mass is 286 g/mol. The molecule has 0 aliphatic rings. The van der Waals surface area contributed by atoms with Gasteiger partial charge in [0.05, 0.1) is 18.7 Å². The maximum atomic E-state index is 6.25. The highest BCUT2D eigenvalue weighted by Crippen LogP contribution is 2.36. The van der Waals surface area contributed by atoms with Crippen LogP contribution in [-0.2, 0) is 6.54 Å². The molecule has 0 radical (unpaired) electrons. The largest absolute Gasteiger partial charge is 0.493 e. The number of halogens is 1. The normalized spacial score (nSPS) is 10.8. The van der Waals surface area contributed by atoms with Crippen molar-refractivity contribution in [2.24, 2.45) is 0 Å². The smallest absolute Gasteiger partial charge is 0.179 e. The van der Waals surface area contributed by atoms with Crippen LogP contribution in [0.15, 0.2) is 12.1 Å². The molecule has 0 aliphatic heterocycles. The van der Waals surface area contributed by atoms with Gasteiger partial charge in [0, 0.05) is 13.1 Å². The summed E-state index contributed by atoms with van der Waals surface area (Å²) in [5.74, 6) is 1.31. The summed E-state index contributed by atoms with van der Waals surface area (Å²) in [7, 11) is 7.60. The summed E-state index contributed by atoms with van der Waals surface area (Å²) >= 11 is 6.25. The van der Waals surface area contributed by atoms with E-state index in [0.29, 0.717) is 23.1 Å². The summed E-state index contributed by atoms with van der Waals surface area (Å²) in [5, 5.41) is 3.68. The zero-order valence-corrected chi connectivity index (χ0v) is 12.9. The van der Waals surface area contributed by atoms with E-state index in [2.05, 4.69) is 10.2 Å². The highest BCUT2D eigenvalue weighted by Gasteiger charge is 2.11. The molecule has 5 heteroatoms. The molecule has 1 rings (SSSR count). The molecule has 1 aromatic carbocycles. The van der Waals surface area contributed by atoms with E-state index in [4.69, 9.17) is 21.1 Å². The number of hydrogen-bond donors (Lipinski definition) is 1. The maximum Gasteiger partial charge on any atom is 0.179 e. The summed E-state index contributed by atoms with van der Waals surface area (Å²) in [5.41, 5.74) is 1.07. The fourth-order valence-corrected chi connectivity index (χ4v) is 2.06. The Balaban J connectivity index is 2.70. The van der Waals surface area contributed by atoms with Gasteiger partial charge in [-0.15, -0.1) is 0 Å². The average molecular weight is 287 g/mol. The van der Waals surface area contributed by atoms with Crippen molar-refractivity contribution in [1.82, 2.24) is 10.2 Å². The van der Waals surface area contributed by atoms with E-state index in [-0.39, 0.29) is 0 Å². The van der Waals surface area contributed by atoms with Gasteiger partial charge in [0.15, 0.2) is 11.5 Å². The molecule has 1 N–H and O–H groups in total. The standard InChI is InChI=1S/C14H23ClN2O2/c1-16-10-11-8-12(15)14(13(9-11)18-4)19-7-5-6-17(2)3/h8-9,16H,5-7,10H2,1-4H3. The molecule has 0 atom stereocenters. The van der Waals surface area contributed by atoms with E-state index in [9.17, 15) is 0 Å². The molecule has 108 valence electrons. The lowest BCUT2D eigenvalue weighted by molar-refractivity contribution is 0.268. The van der Waals surface area contributed by atoms with Crippen molar-refractivity contribution >= 4 is 11.6 Å². The highest BCUT2D eigenvalue weighted by molar-refractivity contribution is 6.32. The van der Waals surface area contributed by atoms with Crippen LogP contribution in [-0.4, -0.2) is 46.3 Å². The van der Waals surface area contributed by atoms with Crippen molar-refractivity contribution in [2.45, 2.75) is 13.0 Å². The number of methoxy groups -OCH3 is 1. The summed E-state index contributed by atoms with van der Waals surface area (Å²) < 4.78 is 11.1. The van der Waals surface area contributed by atoms with Crippen LogP contribution in [0.4, 0.5) is 0 Å². The van der Waals surface area contributed by atoms with E-state index in [1.165, 1.54) is 0 Å². The minimum atomic E-state index is 0.592. The Hall–Kier alpha value is -0.970. The van der Waals surface area contributed by atoms with E-state index in [1.54, 1.807) is 7.11 Å². The molecule has 0 spiro atoms. The summed E-state index contributed by atoms with van der Waals surface area (Å²) in [6.07, 6.45) is 0.949. The number of hydrogen-bond acceptors (Lipinski definition) is 4. The van der Waals surface area contributed by atoms with Crippen LogP contribution in [0.3, 0.4) is 0 Å². The van der Waals surface area contributed by atoms with Gasteiger partial charge in [0.1, 0.15) is 0 Å². The number of nitrogens with one attached hydrogen (secondary N) is 1. The molecule has 0 aromatic heterocycles. The van der Waals surface area contributed by atoms with Gasteiger partial charge in [-0.25, -0.2) is 0 Å². The molecule has 1 aromatic rings. The molecule has 0 fully saturated rings. The van der Waals surface area contributed by atoms with Gasteiger partial charge in [-0.2, -0.15) is 0 Å². The zero-order chi connectivity index (χ0) is 14.3. The Labute approximate surface area is 120 Å². The minimum absolute atomic E-state index is 0.592. The highest BCUT2D eigenvalue weighted by atomic mass is 35.5. The molecule has 0 bridgehead atoms. The third-order valence-electron chi connectivity index (χ3n) is 2.67. The maximum absolute atomic E-state index is 6.25. The minimum Gasteiger partial charge on any atom is -0.493 e. The molecule has 19 heavy (non-hydrogen) atoms. The van der Waals surface area contributed by atoms with Gasteiger partial charge < -0.3 is 19.7 Å². The average Bonchev–Trinajstić information content (AvgIpc) is 2.36. The number of ether oxygens (including phenoxy) is 2. The van der Waals surface area contributed by atoms with Crippen LogP contribution in [0.2, 0.25) is 5.02 Å². The number of rotatable bonds is 8. The SMILES string of the molecule is CNCc1cc(Cl)c(OCCCN(C)C)c(OC)c1. The fourth-order valence-electron chi connectivity index (χ4n) is 1.77. The van der Waals surface area contributed by atoms with Crippen molar-refractivity contribution in [3.05, 3.63) is 22.7 Å². The van der Waals surface area contributed by atoms with Gasteiger partial charge >= 0.3 is 0 Å². The van der Waals surface area contributed by atoms with Crippen LogP contribution in [0.25, 0.3) is 0 Å². The Bertz CT molecular complexity index is 397. The number of nitrogens with zero attached hydrogens (tertiary/aromatic N) is 1. The number of benzene rings is 1. The van der Waals surface area contributed by atoms with Gasteiger partial charge in [-0.05, 0) is 45.3 Å². The zero-order valence-electron chi connectivity index (χ0n) is 12.1.